The molecule has 1 N–H and O–H groups in total. The lowest BCUT2D eigenvalue weighted by atomic mass is 10.2. The smallest absolute Gasteiger partial charge is 0.224 e. The summed E-state index contributed by atoms with van der Waals surface area (Å²) in [5, 5.41) is 2.92. The van der Waals surface area contributed by atoms with Crippen molar-refractivity contribution in [3.8, 4) is 0 Å². The topological polar surface area (TPSA) is 45.2 Å². The summed E-state index contributed by atoms with van der Waals surface area (Å²) in [6, 6.07) is 3.76. The Kier molecular flexibility index (Phi) is 6.25. The number of carbonyl (C=O) groups excluding carboxylic acids is 1. The van der Waals surface area contributed by atoms with Crippen LogP contribution >= 0.6 is 0 Å². The van der Waals surface area contributed by atoms with Crippen molar-refractivity contribution in [3.05, 3.63) is 30.1 Å². The van der Waals surface area contributed by atoms with Crippen LogP contribution in [0.3, 0.4) is 0 Å². The molecule has 0 aliphatic rings. The summed E-state index contributed by atoms with van der Waals surface area (Å²) in [7, 11) is 4.11. The third-order valence-electron chi connectivity index (χ3n) is 2.44. The molecule has 0 fully saturated rings. The molecular formula is C13H21N3O. The van der Waals surface area contributed by atoms with Gasteiger partial charge in [-0.15, -0.1) is 0 Å². The number of hydrogen-bond acceptors (Lipinski definition) is 3. The zero-order valence-electron chi connectivity index (χ0n) is 10.6. The third kappa shape index (κ3) is 6.68. The van der Waals surface area contributed by atoms with Gasteiger partial charge in [-0.25, -0.2) is 0 Å². The van der Waals surface area contributed by atoms with Crippen LogP contribution in [-0.4, -0.2) is 43.0 Å². The monoisotopic (exact) mass is 235 g/mol. The molecule has 0 spiro atoms. The maximum atomic E-state index is 11.6. The number of rotatable bonds is 7. The molecule has 0 aliphatic heterocycles. The minimum atomic E-state index is 0.0721. The summed E-state index contributed by atoms with van der Waals surface area (Å²) in [6.45, 7) is 1.82. The molecule has 0 saturated carbocycles. The fourth-order valence-corrected chi connectivity index (χ4v) is 1.53. The number of aromatic nitrogens is 1. The fourth-order valence-electron chi connectivity index (χ4n) is 1.53. The van der Waals surface area contributed by atoms with Crippen molar-refractivity contribution < 1.29 is 4.79 Å². The highest BCUT2D eigenvalue weighted by Gasteiger charge is 2.02. The maximum Gasteiger partial charge on any atom is 0.224 e. The molecule has 0 aliphatic carbocycles. The highest BCUT2D eigenvalue weighted by atomic mass is 16.1. The molecule has 0 aromatic carbocycles. The van der Waals surface area contributed by atoms with Crippen molar-refractivity contribution >= 4 is 5.91 Å². The van der Waals surface area contributed by atoms with Crippen molar-refractivity contribution in [2.75, 3.05) is 27.2 Å². The Labute approximate surface area is 103 Å². The lowest BCUT2D eigenvalue weighted by Gasteiger charge is -2.09. The van der Waals surface area contributed by atoms with Gasteiger partial charge in [-0.2, -0.15) is 0 Å². The fraction of sp³-hybridized carbons (Fsp3) is 0.538. The number of unbranched alkanes of at least 4 members (excludes halogenated alkanes) is 1. The van der Waals surface area contributed by atoms with Crippen LogP contribution in [0.15, 0.2) is 24.5 Å². The summed E-state index contributed by atoms with van der Waals surface area (Å²) in [5.41, 5.74) is 0.957. The minimum absolute atomic E-state index is 0.0721. The van der Waals surface area contributed by atoms with Crippen LogP contribution in [0.5, 0.6) is 0 Å². The van der Waals surface area contributed by atoms with Crippen molar-refractivity contribution in [2.24, 2.45) is 0 Å². The summed E-state index contributed by atoms with van der Waals surface area (Å²) in [5.74, 6) is 0.0721. The lowest BCUT2D eigenvalue weighted by Crippen LogP contribution is -2.26. The number of amides is 1. The van der Waals surface area contributed by atoms with Gasteiger partial charge in [0.05, 0.1) is 6.42 Å². The first-order valence-electron chi connectivity index (χ1n) is 5.99. The van der Waals surface area contributed by atoms with Crippen molar-refractivity contribution in [3.63, 3.8) is 0 Å². The van der Waals surface area contributed by atoms with Gasteiger partial charge in [0.1, 0.15) is 0 Å². The molecule has 1 amide bonds. The van der Waals surface area contributed by atoms with Crippen LogP contribution in [0, 0.1) is 0 Å². The number of hydrogen-bond donors (Lipinski definition) is 1. The summed E-state index contributed by atoms with van der Waals surface area (Å²) in [6.07, 6.45) is 5.99. The molecule has 0 atom stereocenters. The largest absolute Gasteiger partial charge is 0.356 e. The van der Waals surface area contributed by atoms with E-state index in [1.54, 1.807) is 12.4 Å². The Morgan fingerprint density at radius 2 is 2.24 bits per heavy atom. The van der Waals surface area contributed by atoms with Crippen LogP contribution in [0.4, 0.5) is 0 Å². The van der Waals surface area contributed by atoms with Crippen molar-refractivity contribution in [1.29, 1.82) is 0 Å². The van der Waals surface area contributed by atoms with E-state index in [2.05, 4.69) is 29.3 Å². The molecule has 1 rings (SSSR count). The lowest BCUT2D eigenvalue weighted by molar-refractivity contribution is -0.120. The summed E-state index contributed by atoms with van der Waals surface area (Å²) in [4.78, 5) is 17.7. The average molecular weight is 235 g/mol. The van der Waals surface area contributed by atoms with E-state index in [-0.39, 0.29) is 5.91 Å². The SMILES string of the molecule is CN(C)CCCCNC(=O)Cc1cccnc1. The molecule has 0 saturated heterocycles. The minimum Gasteiger partial charge on any atom is -0.356 e. The maximum absolute atomic E-state index is 11.6. The van der Waals surface area contributed by atoms with Crippen LogP contribution in [0.25, 0.3) is 0 Å². The molecule has 94 valence electrons. The number of pyridine rings is 1. The molecule has 0 unspecified atom stereocenters. The quantitative estimate of drug-likeness (QED) is 0.719. The molecule has 0 bridgehead atoms. The van der Waals surface area contributed by atoms with Gasteiger partial charge in [-0.05, 0) is 45.1 Å². The first-order chi connectivity index (χ1) is 8.18. The molecule has 0 radical (unpaired) electrons. The predicted octanol–water partition coefficient (Wildman–Crippen LogP) is 1.08. The van der Waals surface area contributed by atoms with E-state index in [4.69, 9.17) is 0 Å². The zero-order valence-corrected chi connectivity index (χ0v) is 10.6. The molecule has 1 aromatic heterocycles. The van der Waals surface area contributed by atoms with Crippen LogP contribution in [0.2, 0.25) is 0 Å². The Morgan fingerprint density at radius 1 is 1.41 bits per heavy atom. The van der Waals surface area contributed by atoms with Crippen LogP contribution < -0.4 is 5.32 Å². The van der Waals surface area contributed by atoms with Crippen molar-refractivity contribution in [1.82, 2.24) is 15.2 Å². The van der Waals surface area contributed by atoms with E-state index in [0.29, 0.717) is 6.42 Å². The van der Waals surface area contributed by atoms with E-state index in [1.807, 2.05) is 12.1 Å². The Morgan fingerprint density at radius 3 is 2.88 bits per heavy atom. The Hall–Kier alpha value is -1.42. The Balaban J connectivity index is 2.10. The van der Waals surface area contributed by atoms with Gasteiger partial charge < -0.3 is 10.2 Å². The second-order valence-electron chi connectivity index (χ2n) is 4.40. The molecule has 4 nitrogen and oxygen atoms in total. The molecular weight excluding hydrogens is 214 g/mol. The summed E-state index contributed by atoms with van der Waals surface area (Å²) < 4.78 is 0. The van der Waals surface area contributed by atoms with Gasteiger partial charge in [0.25, 0.3) is 0 Å². The molecule has 4 heteroatoms. The van der Waals surface area contributed by atoms with Gasteiger partial charge in [-0.3, -0.25) is 9.78 Å². The normalized spacial score (nSPS) is 10.5. The third-order valence-corrected chi connectivity index (χ3v) is 2.44. The Bertz CT molecular complexity index is 325. The second kappa shape index (κ2) is 7.79. The van der Waals surface area contributed by atoms with E-state index < -0.39 is 0 Å². The number of nitrogens with zero attached hydrogens (tertiary/aromatic N) is 2. The first-order valence-corrected chi connectivity index (χ1v) is 5.99. The van der Waals surface area contributed by atoms with Crippen LogP contribution in [0.1, 0.15) is 18.4 Å². The highest BCUT2D eigenvalue weighted by molar-refractivity contribution is 5.78. The van der Waals surface area contributed by atoms with Gasteiger partial charge in [0.15, 0.2) is 0 Å². The molecule has 1 aromatic rings. The van der Waals surface area contributed by atoms with E-state index in [0.717, 1.165) is 31.5 Å². The van der Waals surface area contributed by atoms with Gasteiger partial charge in [-0.1, -0.05) is 6.07 Å². The highest BCUT2D eigenvalue weighted by Crippen LogP contribution is 1.96. The second-order valence-corrected chi connectivity index (χ2v) is 4.40. The molecule has 1 heterocycles. The number of carbonyl (C=O) groups is 1. The van der Waals surface area contributed by atoms with Gasteiger partial charge in [0.2, 0.25) is 5.91 Å². The summed E-state index contributed by atoms with van der Waals surface area (Å²) >= 11 is 0. The standard InChI is InChI=1S/C13H21N3O/c1-16(2)9-4-3-8-15-13(17)10-12-6-5-7-14-11-12/h5-7,11H,3-4,8-10H2,1-2H3,(H,15,17). The van der Waals surface area contributed by atoms with Gasteiger partial charge >= 0.3 is 0 Å². The van der Waals surface area contributed by atoms with E-state index in [1.165, 1.54) is 0 Å². The predicted molar refractivity (Wildman–Crippen MR) is 68.7 cm³/mol. The molecule has 17 heavy (non-hydrogen) atoms. The van der Waals surface area contributed by atoms with E-state index in [9.17, 15) is 4.79 Å². The van der Waals surface area contributed by atoms with Crippen LogP contribution in [-0.2, 0) is 11.2 Å². The zero-order chi connectivity index (χ0) is 12.5. The van der Waals surface area contributed by atoms with E-state index >= 15 is 0 Å². The van der Waals surface area contributed by atoms with Crippen molar-refractivity contribution in [2.45, 2.75) is 19.3 Å². The first kappa shape index (κ1) is 13.6. The van der Waals surface area contributed by atoms with Gasteiger partial charge in [0, 0.05) is 18.9 Å². The average Bonchev–Trinajstić information content (AvgIpc) is 2.29. The number of nitrogens with one attached hydrogen (secondary N) is 1.